The summed E-state index contributed by atoms with van der Waals surface area (Å²) < 4.78 is 18.8. The van der Waals surface area contributed by atoms with Crippen molar-refractivity contribution in [2.75, 3.05) is 79.2 Å². The van der Waals surface area contributed by atoms with Gasteiger partial charge in [0.15, 0.2) is 0 Å². The van der Waals surface area contributed by atoms with Crippen molar-refractivity contribution < 1.29 is 9.13 Å². The van der Waals surface area contributed by atoms with Crippen LogP contribution in [-0.2, 0) is 4.74 Å². The standard InChI is InChI=1S/C25H41FN4O/c1-31-20-19-27-15-17-30(18-16-27)25(22-5-7-23(26)8-6-22)21-28-13-9-24(10-14-28)29-11-3-2-4-12-29/h5-8,24-25H,2-4,9-21H2,1H3. The van der Waals surface area contributed by atoms with Gasteiger partial charge in [-0.1, -0.05) is 18.6 Å². The second kappa shape index (κ2) is 11.7. The Balaban J connectivity index is 1.35. The Labute approximate surface area is 188 Å². The summed E-state index contributed by atoms with van der Waals surface area (Å²) in [6.07, 6.45) is 6.75. The predicted octanol–water partition coefficient (Wildman–Crippen LogP) is 3.08. The number of halogens is 1. The number of rotatable bonds is 8. The summed E-state index contributed by atoms with van der Waals surface area (Å²) in [5, 5.41) is 0. The van der Waals surface area contributed by atoms with Gasteiger partial charge in [-0.15, -0.1) is 0 Å². The number of hydrogen-bond donors (Lipinski definition) is 0. The molecule has 0 aromatic heterocycles. The lowest BCUT2D eigenvalue weighted by molar-refractivity contribution is 0.0445. The lowest BCUT2D eigenvalue weighted by atomic mass is 9.98. The Hall–Kier alpha value is -1.05. The number of likely N-dealkylation sites (tertiary alicyclic amines) is 2. The summed E-state index contributed by atoms with van der Waals surface area (Å²) in [5.41, 5.74) is 1.25. The molecule has 0 aliphatic carbocycles. The molecule has 3 saturated heterocycles. The van der Waals surface area contributed by atoms with Crippen molar-refractivity contribution in [3.05, 3.63) is 35.6 Å². The summed E-state index contributed by atoms with van der Waals surface area (Å²) in [5.74, 6) is -0.144. The van der Waals surface area contributed by atoms with Gasteiger partial charge in [-0.3, -0.25) is 9.80 Å². The van der Waals surface area contributed by atoms with Crippen molar-refractivity contribution in [3.63, 3.8) is 0 Å². The maximum atomic E-state index is 13.6. The summed E-state index contributed by atoms with van der Waals surface area (Å²) in [6.45, 7) is 12.1. The Morgan fingerprint density at radius 1 is 0.871 bits per heavy atom. The summed E-state index contributed by atoms with van der Waals surface area (Å²) in [7, 11) is 1.77. The Morgan fingerprint density at radius 3 is 2.19 bits per heavy atom. The highest BCUT2D eigenvalue weighted by Gasteiger charge is 2.30. The molecule has 3 aliphatic heterocycles. The molecule has 4 rings (SSSR count). The van der Waals surface area contributed by atoms with Crippen LogP contribution in [0.1, 0.15) is 43.7 Å². The van der Waals surface area contributed by atoms with Crippen LogP contribution in [0.4, 0.5) is 4.39 Å². The first-order valence-corrected chi connectivity index (χ1v) is 12.4. The largest absolute Gasteiger partial charge is 0.383 e. The first kappa shape index (κ1) is 23.1. The SMILES string of the molecule is COCCN1CCN(C(CN2CCC(N3CCCCC3)CC2)c2ccc(F)cc2)CC1. The molecule has 6 heteroatoms. The van der Waals surface area contributed by atoms with Crippen molar-refractivity contribution in [1.29, 1.82) is 0 Å². The summed E-state index contributed by atoms with van der Waals surface area (Å²) in [4.78, 5) is 10.5. The second-order valence-electron chi connectivity index (χ2n) is 9.57. The Morgan fingerprint density at radius 2 is 1.55 bits per heavy atom. The number of nitrogens with zero attached hydrogens (tertiary/aromatic N) is 4. The van der Waals surface area contributed by atoms with Crippen LogP contribution in [0.15, 0.2) is 24.3 Å². The quantitative estimate of drug-likeness (QED) is 0.628. The van der Waals surface area contributed by atoms with Crippen molar-refractivity contribution in [2.45, 2.75) is 44.2 Å². The highest BCUT2D eigenvalue weighted by Crippen LogP contribution is 2.27. The van der Waals surface area contributed by atoms with E-state index in [4.69, 9.17) is 4.74 Å². The lowest BCUT2D eigenvalue weighted by Crippen LogP contribution is -2.52. The van der Waals surface area contributed by atoms with Crippen LogP contribution in [0.3, 0.4) is 0 Å². The minimum atomic E-state index is -0.144. The number of hydrogen-bond acceptors (Lipinski definition) is 5. The molecule has 0 N–H and O–H groups in total. The molecule has 5 nitrogen and oxygen atoms in total. The van der Waals surface area contributed by atoms with E-state index in [2.05, 4.69) is 19.6 Å². The zero-order chi connectivity index (χ0) is 21.5. The van der Waals surface area contributed by atoms with Crippen LogP contribution in [0, 0.1) is 5.82 Å². The maximum absolute atomic E-state index is 13.6. The van der Waals surface area contributed by atoms with Gasteiger partial charge in [0, 0.05) is 58.5 Å². The molecule has 0 amide bonds. The molecular formula is C25H41FN4O. The van der Waals surface area contributed by atoms with Gasteiger partial charge in [0.25, 0.3) is 0 Å². The van der Waals surface area contributed by atoms with Gasteiger partial charge in [-0.2, -0.15) is 0 Å². The molecule has 0 saturated carbocycles. The Bertz CT molecular complexity index is 635. The van der Waals surface area contributed by atoms with Crippen LogP contribution in [0.5, 0.6) is 0 Å². The maximum Gasteiger partial charge on any atom is 0.123 e. The smallest absolute Gasteiger partial charge is 0.123 e. The predicted molar refractivity (Wildman–Crippen MR) is 124 cm³/mol. The number of ether oxygens (including phenoxy) is 1. The fourth-order valence-corrected chi connectivity index (χ4v) is 5.63. The number of piperidine rings is 2. The molecule has 1 aromatic rings. The molecule has 1 aromatic carbocycles. The molecule has 3 heterocycles. The number of methoxy groups -OCH3 is 1. The molecule has 1 atom stereocenters. The molecule has 0 bridgehead atoms. The van der Waals surface area contributed by atoms with E-state index in [1.54, 1.807) is 19.2 Å². The molecule has 174 valence electrons. The van der Waals surface area contributed by atoms with Crippen molar-refractivity contribution >= 4 is 0 Å². The first-order valence-electron chi connectivity index (χ1n) is 12.4. The lowest BCUT2D eigenvalue weighted by Gasteiger charge is -2.44. The van der Waals surface area contributed by atoms with E-state index in [0.717, 1.165) is 51.9 Å². The molecule has 31 heavy (non-hydrogen) atoms. The Kier molecular flexibility index (Phi) is 8.73. The zero-order valence-electron chi connectivity index (χ0n) is 19.4. The molecule has 3 fully saturated rings. The number of benzene rings is 1. The van der Waals surface area contributed by atoms with E-state index in [0.29, 0.717) is 6.04 Å². The van der Waals surface area contributed by atoms with Gasteiger partial charge in [-0.05, 0) is 69.6 Å². The van der Waals surface area contributed by atoms with Gasteiger partial charge >= 0.3 is 0 Å². The van der Waals surface area contributed by atoms with Gasteiger partial charge in [0.2, 0.25) is 0 Å². The highest BCUT2D eigenvalue weighted by atomic mass is 19.1. The normalized spacial score (nSPS) is 24.5. The van der Waals surface area contributed by atoms with Crippen LogP contribution in [0.25, 0.3) is 0 Å². The van der Waals surface area contributed by atoms with Gasteiger partial charge < -0.3 is 14.5 Å². The van der Waals surface area contributed by atoms with E-state index in [1.165, 1.54) is 63.8 Å². The van der Waals surface area contributed by atoms with E-state index >= 15 is 0 Å². The van der Waals surface area contributed by atoms with Crippen LogP contribution in [0.2, 0.25) is 0 Å². The third-order valence-corrected chi connectivity index (χ3v) is 7.61. The highest BCUT2D eigenvalue weighted by molar-refractivity contribution is 5.21. The average molecular weight is 433 g/mol. The van der Waals surface area contributed by atoms with E-state index < -0.39 is 0 Å². The van der Waals surface area contributed by atoms with Crippen LogP contribution >= 0.6 is 0 Å². The summed E-state index contributed by atoms with van der Waals surface area (Å²) >= 11 is 0. The average Bonchev–Trinajstić information content (AvgIpc) is 2.83. The summed E-state index contributed by atoms with van der Waals surface area (Å²) in [6, 6.07) is 8.37. The van der Waals surface area contributed by atoms with Gasteiger partial charge in [0.1, 0.15) is 5.82 Å². The van der Waals surface area contributed by atoms with Gasteiger partial charge in [-0.25, -0.2) is 4.39 Å². The molecule has 3 aliphatic rings. The molecule has 0 spiro atoms. The zero-order valence-corrected chi connectivity index (χ0v) is 19.4. The minimum absolute atomic E-state index is 0.144. The van der Waals surface area contributed by atoms with Gasteiger partial charge in [0.05, 0.1) is 6.61 Å². The van der Waals surface area contributed by atoms with E-state index in [1.807, 2.05) is 12.1 Å². The van der Waals surface area contributed by atoms with E-state index in [9.17, 15) is 4.39 Å². The first-order chi connectivity index (χ1) is 15.2. The third-order valence-electron chi connectivity index (χ3n) is 7.61. The second-order valence-corrected chi connectivity index (χ2v) is 9.57. The van der Waals surface area contributed by atoms with Crippen molar-refractivity contribution in [1.82, 2.24) is 19.6 Å². The fraction of sp³-hybridized carbons (Fsp3) is 0.760. The van der Waals surface area contributed by atoms with Crippen LogP contribution in [-0.4, -0.2) is 105 Å². The topological polar surface area (TPSA) is 22.2 Å². The third kappa shape index (κ3) is 6.48. The molecular weight excluding hydrogens is 391 g/mol. The van der Waals surface area contributed by atoms with Crippen molar-refractivity contribution in [3.8, 4) is 0 Å². The minimum Gasteiger partial charge on any atom is -0.383 e. The van der Waals surface area contributed by atoms with E-state index in [-0.39, 0.29) is 5.82 Å². The number of piperazine rings is 1. The fourth-order valence-electron chi connectivity index (χ4n) is 5.63. The molecule has 0 radical (unpaired) electrons. The monoisotopic (exact) mass is 432 g/mol. The van der Waals surface area contributed by atoms with Crippen molar-refractivity contribution in [2.24, 2.45) is 0 Å². The molecule has 1 unspecified atom stereocenters. The van der Waals surface area contributed by atoms with Crippen LogP contribution < -0.4 is 0 Å².